The van der Waals surface area contributed by atoms with Gasteiger partial charge in [0, 0.05) is 6.08 Å². The smallest absolute Gasteiger partial charge is 0.247 e. The van der Waals surface area contributed by atoms with Crippen molar-refractivity contribution in [1.82, 2.24) is 10.2 Å². The van der Waals surface area contributed by atoms with E-state index in [1.807, 2.05) is 0 Å². The van der Waals surface area contributed by atoms with Crippen molar-refractivity contribution in [3.8, 4) is 5.75 Å². The van der Waals surface area contributed by atoms with E-state index in [1.54, 1.807) is 6.07 Å². The van der Waals surface area contributed by atoms with Crippen LogP contribution in [0.1, 0.15) is 5.56 Å². The molecular formula is C14H13FN2O4. The number of hydrogen-bond donors (Lipinski definition) is 1. The minimum absolute atomic E-state index is 0.108. The number of halogens is 1. The highest BCUT2D eigenvalue weighted by Gasteiger charge is 2.24. The van der Waals surface area contributed by atoms with Crippen molar-refractivity contribution in [3.63, 3.8) is 0 Å². The molecule has 0 saturated carbocycles. The fourth-order valence-corrected chi connectivity index (χ4v) is 1.85. The van der Waals surface area contributed by atoms with E-state index in [4.69, 9.17) is 4.74 Å². The maximum atomic E-state index is 13.5. The van der Waals surface area contributed by atoms with Gasteiger partial charge in [0.05, 0.1) is 7.11 Å². The summed E-state index contributed by atoms with van der Waals surface area (Å²) >= 11 is 0. The van der Waals surface area contributed by atoms with E-state index in [1.165, 1.54) is 31.4 Å². The van der Waals surface area contributed by atoms with E-state index in [-0.39, 0.29) is 18.8 Å². The fourth-order valence-electron chi connectivity index (χ4n) is 1.85. The number of rotatable bonds is 3. The van der Waals surface area contributed by atoms with Gasteiger partial charge in [-0.05, 0) is 23.8 Å². The maximum Gasteiger partial charge on any atom is 0.247 e. The lowest BCUT2D eigenvalue weighted by molar-refractivity contribution is -0.143. The van der Waals surface area contributed by atoms with Crippen LogP contribution >= 0.6 is 0 Å². The van der Waals surface area contributed by atoms with Gasteiger partial charge in [-0.1, -0.05) is 6.07 Å². The molecule has 21 heavy (non-hydrogen) atoms. The van der Waals surface area contributed by atoms with Gasteiger partial charge in [0.15, 0.2) is 11.6 Å². The second-order valence-electron chi connectivity index (χ2n) is 4.39. The Labute approximate surface area is 120 Å². The van der Waals surface area contributed by atoms with E-state index in [9.17, 15) is 18.8 Å². The number of ether oxygens (including phenoxy) is 1. The van der Waals surface area contributed by atoms with Gasteiger partial charge in [0.25, 0.3) is 0 Å². The lowest BCUT2D eigenvalue weighted by Gasteiger charge is -2.24. The molecule has 1 aliphatic heterocycles. The molecule has 0 radical (unpaired) electrons. The Balaban J connectivity index is 2.06. The third-order valence-corrected chi connectivity index (χ3v) is 2.85. The lowest BCUT2D eigenvalue weighted by atomic mass is 10.2. The van der Waals surface area contributed by atoms with Gasteiger partial charge in [0.1, 0.15) is 13.1 Å². The Bertz CT molecular complexity index is 611. The number of nitrogens with zero attached hydrogens (tertiary/aromatic N) is 1. The Hall–Kier alpha value is -2.70. The number of amides is 3. The predicted octanol–water partition coefficient (Wildman–Crippen LogP) is 0.333. The minimum atomic E-state index is -0.542. The van der Waals surface area contributed by atoms with Crippen LogP contribution < -0.4 is 10.1 Å². The van der Waals surface area contributed by atoms with Crippen LogP contribution in [0.2, 0.25) is 0 Å². The molecule has 6 nitrogen and oxygen atoms in total. The second-order valence-corrected chi connectivity index (χ2v) is 4.39. The molecule has 0 bridgehead atoms. The molecule has 0 spiro atoms. The maximum absolute atomic E-state index is 13.5. The Kier molecular flexibility index (Phi) is 4.32. The number of imide groups is 1. The van der Waals surface area contributed by atoms with Crippen LogP contribution in [0.3, 0.4) is 0 Å². The molecule has 1 N–H and O–H groups in total. The van der Waals surface area contributed by atoms with Crippen molar-refractivity contribution < 1.29 is 23.5 Å². The average molecular weight is 292 g/mol. The van der Waals surface area contributed by atoms with Gasteiger partial charge in [-0.2, -0.15) is 0 Å². The molecule has 1 saturated heterocycles. The second kappa shape index (κ2) is 6.17. The highest BCUT2D eigenvalue weighted by Crippen LogP contribution is 2.18. The van der Waals surface area contributed by atoms with Crippen LogP contribution in [0.4, 0.5) is 4.39 Å². The molecule has 0 aliphatic carbocycles. The number of carbonyl (C=O) groups excluding carboxylic acids is 3. The molecular weight excluding hydrogens is 279 g/mol. The number of benzene rings is 1. The van der Waals surface area contributed by atoms with Crippen LogP contribution in [-0.2, 0) is 14.4 Å². The monoisotopic (exact) mass is 292 g/mol. The highest BCUT2D eigenvalue weighted by atomic mass is 19.1. The predicted molar refractivity (Wildman–Crippen MR) is 71.7 cm³/mol. The van der Waals surface area contributed by atoms with Gasteiger partial charge < -0.3 is 9.64 Å². The van der Waals surface area contributed by atoms with E-state index in [0.717, 1.165) is 4.90 Å². The third-order valence-electron chi connectivity index (χ3n) is 2.85. The third kappa shape index (κ3) is 3.65. The number of piperazine rings is 1. The van der Waals surface area contributed by atoms with Gasteiger partial charge >= 0.3 is 0 Å². The fraction of sp³-hybridized carbons (Fsp3) is 0.214. The van der Waals surface area contributed by atoms with E-state index >= 15 is 0 Å². The first-order valence-electron chi connectivity index (χ1n) is 6.13. The molecule has 7 heteroatoms. The first kappa shape index (κ1) is 14.7. The van der Waals surface area contributed by atoms with Crippen molar-refractivity contribution in [2.75, 3.05) is 20.2 Å². The van der Waals surface area contributed by atoms with Gasteiger partial charge in [0.2, 0.25) is 17.7 Å². The molecule has 1 heterocycles. The summed E-state index contributed by atoms with van der Waals surface area (Å²) in [6, 6.07) is 4.24. The average Bonchev–Trinajstić information content (AvgIpc) is 2.43. The molecule has 0 unspecified atom stereocenters. The normalized spacial score (nSPS) is 15.2. The van der Waals surface area contributed by atoms with Crippen molar-refractivity contribution in [2.24, 2.45) is 0 Å². The van der Waals surface area contributed by atoms with E-state index < -0.39 is 23.5 Å². The highest BCUT2D eigenvalue weighted by molar-refractivity contribution is 6.04. The zero-order valence-corrected chi connectivity index (χ0v) is 11.3. The standard InChI is InChI=1S/C14H13FN2O4/c1-21-11-4-2-9(6-10(11)15)3-5-14(20)17-7-12(18)16-13(19)8-17/h2-6H,7-8H2,1H3,(H,16,18,19). The van der Waals surface area contributed by atoms with Gasteiger partial charge in [-0.15, -0.1) is 0 Å². The topological polar surface area (TPSA) is 75.7 Å². The van der Waals surface area contributed by atoms with Crippen molar-refractivity contribution in [1.29, 1.82) is 0 Å². The first-order chi connectivity index (χ1) is 9.99. The summed E-state index contributed by atoms with van der Waals surface area (Å²) in [7, 11) is 1.36. The summed E-state index contributed by atoms with van der Waals surface area (Å²) in [5, 5.41) is 2.10. The largest absolute Gasteiger partial charge is 0.494 e. The summed E-state index contributed by atoms with van der Waals surface area (Å²) in [5.74, 6) is -1.97. The Morgan fingerprint density at radius 2 is 2.00 bits per heavy atom. The SMILES string of the molecule is COc1ccc(C=CC(=O)N2CC(=O)NC(=O)C2)cc1F. The number of carbonyl (C=O) groups is 3. The summed E-state index contributed by atoms with van der Waals surface area (Å²) in [6.07, 6.45) is 2.59. The molecule has 0 aromatic heterocycles. The van der Waals surface area contributed by atoms with Gasteiger partial charge in [-0.25, -0.2) is 4.39 Å². The van der Waals surface area contributed by atoms with Crippen LogP contribution in [0.25, 0.3) is 6.08 Å². The van der Waals surface area contributed by atoms with Crippen molar-refractivity contribution >= 4 is 23.8 Å². The first-order valence-corrected chi connectivity index (χ1v) is 6.13. The zero-order valence-electron chi connectivity index (χ0n) is 11.3. The molecule has 0 atom stereocenters. The lowest BCUT2D eigenvalue weighted by Crippen LogP contribution is -2.52. The molecule has 110 valence electrons. The van der Waals surface area contributed by atoms with Crippen LogP contribution in [0, 0.1) is 5.82 Å². The van der Waals surface area contributed by atoms with E-state index in [0.29, 0.717) is 5.56 Å². The van der Waals surface area contributed by atoms with Crippen molar-refractivity contribution in [3.05, 3.63) is 35.7 Å². The van der Waals surface area contributed by atoms with Crippen LogP contribution in [0.5, 0.6) is 5.75 Å². The number of nitrogens with one attached hydrogen (secondary N) is 1. The molecule has 1 aliphatic rings. The van der Waals surface area contributed by atoms with Crippen molar-refractivity contribution in [2.45, 2.75) is 0 Å². The number of methoxy groups -OCH3 is 1. The Morgan fingerprint density at radius 3 is 2.57 bits per heavy atom. The minimum Gasteiger partial charge on any atom is -0.494 e. The van der Waals surface area contributed by atoms with Gasteiger partial charge in [-0.3, -0.25) is 19.7 Å². The number of hydrogen-bond acceptors (Lipinski definition) is 4. The summed E-state index contributed by atoms with van der Waals surface area (Å²) < 4.78 is 18.3. The summed E-state index contributed by atoms with van der Waals surface area (Å²) in [5.41, 5.74) is 0.467. The molecule has 1 fully saturated rings. The zero-order chi connectivity index (χ0) is 15.4. The Morgan fingerprint density at radius 1 is 1.33 bits per heavy atom. The summed E-state index contributed by atoms with van der Waals surface area (Å²) in [4.78, 5) is 35.3. The summed E-state index contributed by atoms with van der Waals surface area (Å²) in [6.45, 7) is -0.349. The molecule has 2 rings (SSSR count). The van der Waals surface area contributed by atoms with Crippen LogP contribution in [-0.4, -0.2) is 42.8 Å². The van der Waals surface area contributed by atoms with E-state index in [2.05, 4.69) is 5.32 Å². The van der Waals surface area contributed by atoms with Crippen LogP contribution in [0.15, 0.2) is 24.3 Å². The molecule has 3 amide bonds. The molecule has 1 aromatic rings. The quantitative estimate of drug-likeness (QED) is 0.643. The molecule has 1 aromatic carbocycles.